The highest BCUT2D eigenvalue weighted by Crippen LogP contribution is 2.27. The molecule has 0 unspecified atom stereocenters. The maximum absolute atomic E-state index is 12.3. The average Bonchev–Trinajstić information content (AvgIpc) is 2.77. The van der Waals surface area contributed by atoms with Gasteiger partial charge in [0.2, 0.25) is 5.91 Å². The average molecular weight is 397 g/mol. The van der Waals surface area contributed by atoms with Gasteiger partial charge in [0.05, 0.1) is 20.6 Å². The number of nitrogens with one attached hydrogen (secondary N) is 1. The summed E-state index contributed by atoms with van der Waals surface area (Å²) >= 11 is 0. The van der Waals surface area contributed by atoms with Gasteiger partial charge < -0.3 is 19.7 Å². The predicted molar refractivity (Wildman–Crippen MR) is 116 cm³/mol. The Labute approximate surface area is 174 Å². The molecule has 1 N–H and O–H groups in total. The molecule has 0 spiro atoms. The first-order chi connectivity index (χ1) is 14.2. The van der Waals surface area contributed by atoms with Crippen molar-refractivity contribution in [2.24, 2.45) is 5.92 Å². The van der Waals surface area contributed by atoms with E-state index >= 15 is 0 Å². The van der Waals surface area contributed by atoms with Gasteiger partial charge in [0, 0.05) is 13.1 Å². The lowest BCUT2D eigenvalue weighted by atomic mass is 9.96. The van der Waals surface area contributed by atoms with E-state index in [1.807, 2.05) is 18.2 Å². The Hall–Kier alpha value is -2.53. The van der Waals surface area contributed by atoms with Crippen molar-refractivity contribution in [3.63, 3.8) is 0 Å². The van der Waals surface area contributed by atoms with Gasteiger partial charge in [0.15, 0.2) is 11.5 Å². The van der Waals surface area contributed by atoms with E-state index in [1.165, 1.54) is 5.56 Å². The third-order valence-electron chi connectivity index (χ3n) is 5.67. The van der Waals surface area contributed by atoms with Gasteiger partial charge in [-0.2, -0.15) is 0 Å². The van der Waals surface area contributed by atoms with Crippen LogP contribution in [0.25, 0.3) is 0 Å². The van der Waals surface area contributed by atoms with E-state index in [-0.39, 0.29) is 5.91 Å². The predicted octanol–water partition coefficient (Wildman–Crippen LogP) is 3.32. The van der Waals surface area contributed by atoms with Crippen LogP contribution in [0.4, 0.5) is 0 Å². The summed E-state index contributed by atoms with van der Waals surface area (Å²) in [4.78, 5) is 14.9. The Bertz CT molecular complexity index is 771. The van der Waals surface area contributed by atoms with Crippen molar-refractivity contribution in [2.45, 2.75) is 25.7 Å². The Balaban J connectivity index is 1.36. The first-order valence-electron chi connectivity index (χ1n) is 10.4. The van der Waals surface area contributed by atoms with E-state index in [0.717, 1.165) is 51.0 Å². The molecule has 2 aromatic rings. The van der Waals surface area contributed by atoms with Crippen LogP contribution >= 0.6 is 0 Å². The minimum Gasteiger partial charge on any atom is -0.493 e. The second-order valence-electron chi connectivity index (χ2n) is 7.69. The number of methoxy groups -OCH3 is 2. The molecule has 1 heterocycles. The van der Waals surface area contributed by atoms with Gasteiger partial charge in [-0.1, -0.05) is 36.4 Å². The molecule has 0 bridgehead atoms. The van der Waals surface area contributed by atoms with Crippen LogP contribution in [0.2, 0.25) is 0 Å². The van der Waals surface area contributed by atoms with Gasteiger partial charge in [-0.15, -0.1) is 0 Å². The number of carbonyl (C=O) groups is 1. The molecule has 1 fully saturated rings. The van der Waals surface area contributed by atoms with Crippen LogP contribution in [0.15, 0.2) is 48.5 Å². The molecule has 156 valence electrons. The third-order valence-corrected chi connectivity index (χ3v) is 5.67. The molecule has 0 atom stereocenters. The summed E-state index contributed by atoms with van der Waals surface area (Å²) in [6.07, 6.45) is 3.75. The number of piperidine rings is 1. The first kappa shape index (κ1) is 21.2. The molecule has 1 saturated heterocycles. The molecule has 1 amide bonds. The largest absolute Gasteiger partial charge is 0.493 e. The highest BCUT2D eigenvalue weighted by Gasteiger charge is 2.19. The van der Waals surface area contributed by atoms with E-state index in [1.54, 1.807) is 14.2 Å². The summed E-state index contributed by atoms with van der Waals surface area (Å²) in [5.74, 6) is 1.96. The standard InChI is InChI=1S/C24H32N2O3/c1-28-22-9-8-21(16-23(22)29-2)17-24(27)25-18-20-11-14-26(15-12-20)13-10-19-6-4-3-5-7-19/h3-9,16,20H,10-15,17-18H2,1-2H3,(H,25,27). The van der Waals surface area contributed by atoms with E-state index in [4.69, 9.17) is 9.47 Å². The van der Waals surface area contributed by atoms with Crippen LogP contribution < -0.4 is 14.8 Å². The lowest BCUT2D eigenvalue weighted by Gasteiger charge is -2.32. The normalized spacial score (nSPS) is 15.1. The molecule has 5 nitrogen and oxygen atoms in total. The second-order valence-corrected chi connectivity index (χ2v) is 7.69. The number of amides is 1. The first-order valence-corrected chi connectivity index (χ1v) is 10.4. The molecule has 0 aliphatic carbocycles. The van der Waals surface area contributed by atoms with Crippen LogP contribution in [0.3, 0.4) is 0 Å². The summed E-state index contributed by atoms with van der Waals surface area (Å²) < 4.78 is 10.6. The van der Waals surface area contributed by atoms with Crippen molar-refractivity contribution >= 4 is 5.91 Å². The molecule has 29 heavy (non-hydrogen) atoms. The fraction of sp³-hybridized carbons (Fsp3) is 0.458. The SMILES string of the molecule is COc1ccc(CC(=O)NCC2CCN(CCc3ccccc3)CC2)cc1OC. The van der Waals surface area contributed by atoms with Crippen molar-refractivity contribution in [1.82, 2.24) is 10.2 Å². The minimum absolute atomic E-state index is 0.0590. The molecule has 2 aromatic carbocycles. The topological polar surface area (TPSA) is 50.8 Å². The molecular formula is C24H32N2O3. The van der Waals surface area contributed by atoms with Gasteiger partial charge in [0.25, 0.3) is 0 Å². The third kappa shape index (κ3) is 6.50. The number of likely N-dealkylation sites (tertiary alicyclic amines) is 1. The number of rotatable bonds is 9. The number of hydrogen-bond donors (Lipinski definition) is 1. The molecule has 1 aliphatic heterocycles. The fourth-order valence-corrected chi connectivity index (χ4v) is 3.84. The molecule has 0 aromatic heterocycles. The van der Waals surface area contributed by atoms with Crippen molar-refractivity contribution in [3.8, 4) is 11.5 Å². The van der Waals surface area contributed by atoms with E-state index in [9.17, 15) is 4.79 Å². The molecule has 3 rings (SSSR count). The highest BCUT2D eigenvalue weighted by molar-refractivity contribution is 5.78. The Morgan fingerprint density at radius 1 is 1.00 bits per heavy atom. The van der Waals surface area contributed by atoms with Crippen LogP contribution in [0.5, 0.6) is 11.5 Å². The van der Waals surface area contributed by atoms with Gasteiger partial charge >= 0.3 is 0 Å². The van der Waals surface area contributed by atoms with Crippen molar-refractivity contribution in [1.29, 1.82) is 0 Å². The van der Waals surface area contributed by atoms with Crippen molar-refractivity contribution in [2.75, 3.05) is 40.4 Å². The lowest BCUT2D eigenvalue weighted by Crippen LogP contribution is -2.39. The van der Waals surface area contributed by atoms with Gasteiger partial charge in [-0.05, 0) is 61.5 Å². The number of nitrogens with zero attached hydrogens (tertiary/aromatic N) is 1. The van der Waals surface area contributed by atoms with E-state index < -0.39 is 0 Å². The Morgan fingerprint density at radius 3 is 2.41 bits per heavy atom. The highest BCUT2D eigenvalue weighted by atomic mass is 16.5. The van der Waals surface area contributed by atoms with Gasteiger partial charge in [-0.3, -0.25) is 4.79 Å². The molecule has 5 heteroatoms. The molecule has 0 saturated carbocycles. The van der Waals surface area contributed by atoms with Crippen LogP contribution in [-0.2, 0) is 17.6 Å². The minimum atomic E-state index is 0.0590. The van der Waals surface area contributed by atoms with Crippen LogP contribution in [0, 0.1) is 5.92 Å². The zero-order valence-electron chi connectivity index (χ0n) is 17.5. The number of hydrogen-bond acceptors (Lipinski definition) is 4. The van der Waals surface area contributed by atoms with Crippen molar-refractivity contribution < 1.29 is 14.3 Å². The van der Waals surface area contributed by atoms with Gasteiger partial charge in [0.1, 0.15) is 0 Å². The number of benzene rings is 2. The van der Waals surface area contributed by atoms with E-state index in [0.29, 0.717) is 23.8 Å². The van der Waals surface area contributed by atoms with Crippen molar-refractivity contribution in [3.05, 3.63) is 59.7 Å². The van der Waals surface area contributed by atoms with Gasteiger partial charge in [-0.25, -0.2) is 0 Å². The zero-order chi connectivity index (χ0) is 20.5. The molecular weight excluding hydrogens is 364 g/mol. The summed E-state index contributed by atoms with van der Waals surface area (Å²) in [6.45, 7) is 4.10. The second kappa shape index (κ2) is 10.9. The quantitative estimate of drug-likeness (QED) is 0.707. The number of carbonyl (C=O) groups excluding carboxylic acids is 1. The van der Waals surface area contributed by atoms with Crippen LogP contribution in [0.1, 0.15) is 24.0 Å². The number of ether oxygens (including phenoxy) is 2. The Morgan fingerprint density at radius 2 is 1.72 bits per heavy atom. The summed E-state index contributed by atoms with van der Waals surface area (Å²) in [6, 6.07) is 16.3. The van der Waals surface area contributed by atoms with Crippen LogP contribution in [-0.4, -0.2) is 51.2 Å². The summed E-state index contributed by atoms with van der Waals surface area (Å²) in [7, 11) is 3.21. The Kier molecular flexibility index (Phi) is 7.94. The van der Waals surface area contributed by atoms with E-state index in [2.05, 4.69) is 40.5 Å². The lowest BCUT2D eigenvalue weighted by molar-refractivity contribution is -0.120. The fourth-order valence-electron chi connectivity index (χ4n) is 3.84. The monoisotopic (exact) mass is 396 g/mol. The maximum Gasteiger partial charge on any atom is 0.224 e. The summed E-state index contributed by atoms with van der Waals surface area (Å²) in [5, 5.41) is 3.11. The molecule has 1 aliphatic rings. The summed E-state index contributed by atoms with van der Waals surface area (Å²) in [5.41, 5.74) is 2.33. The molecule has 0 radical (unpaired) electrons. The zero-order valence-corrected chi connectivity index (χ0v) is 17.5. The maximum atomic E-state index is 12.3. The smallest absolute Gasteiger partial charge is 0.224 e.